The van der Waals surface area contributed by atoms with Crippen molar-refractivity contribution in [3.05, 3.63) is 95.8 Å². The van der Waals surface area contributed by atoms with E-state index in [4.69, 9.17) is 9.47 Å². The van der Waals surface area contributed by atoms with Gasteiger partial charge in [-0.2, -0.15) is 0 Å². The van der Waals surface area contributed by atoms with Crippen LogP contribution in [0.5, 0.6) is 11.5 Å². The van der Waals surface area contributed by atoms with Gasteiger partial charge in [-0.3, -0.25) is 9.59 Å². The molecular formula is C27H27FN2O4. The van der Waals surface area contributed by atoms with E-state index in [2.05, 4.69) is 5.32 Å². The first-order chi connectivity index (χ1) is 16.5. The minimum Gasteiger partial charge on any atom is -0.497 e. The summed E-state index contributed by atoms with van der Waals surface area (Å²) in [5.74, 6) is -0.0553. The highest BCUT2D eigenvalue weighted by atomic mass is 19.1. The smallest absolute Gasteiger partial charge is 0.252 e. The van der Waals surface area contributed by atoms with E-state index in [0.29, 0.717) is 42.8 Å². The van der Waals surface area contributed by atoms with Gasteiger partial charge in [0.1, 0.15) is 17.9 Å². The quantitative estimate of drug-likeness (QED) is 0.566. The van der Waals surface area contributed by atoms with Gasteiger partial charge in [0.25, 0.3) is 5.91 Å². The highest BCUT2D eigenvalue weighted by Crippen LogP contribution is 2.24. The second-order valence-corrected chi connectivity index (χ2v) is 8.12. The lowest BCUT2D eigenvalue weighted by Crippen LogP contribution is -2.47. The average molecular weight is 463 g/mol. The molecular weight excluding hydrogens is 435 g/mol. The van der Waals surface area contributed by atoms with Crippen molar-refractivity contribution in [3.8, 4) is 11.5 Å². The second-order valence-electron chi connectivity index (χ2n) is 8.12. The van der Waals surface area contributed by atoms with E-state index < -0.39 is 11.9 Å². The van der Waals surface area contributed by atoms with Crippen LogP contribution in [0.1, 0.15) is 34.8 Å². The zero-order chi connectivity index (χ0) is 23.9. The van der Waals surface area contributed by atoms with Gasteiger partial charge in [-0.05, 0) is 42.0 Å². The molecule has 0 bridgehead atoms. The molecule has 0 spiro atoms. The number of para-hydroxylation sites is 1. The lowest BCUT2D eigenvalue weighted by molar-refractivity contribution is -0.135. The summed E-state index contributed by atoms with van der Waals surface area (Å²) >= 11 is 0. The van der Waals surface area contributed by atoms with Crippen LogP contribution in [0, 0.1) is 5.82 Å². The second kappa shape index (κ2) is 10.8. The van der Waals surface area contributed by atoms with Crippen LogP contribution >= 0.6 is 0 Å². The van der Waals surface area contributed by atoms with Crippen LogP contribution in [-0.2, 0) is 4.79 Å². The largest absolute Gasteiger partial charge is 0.497 e. The van der Waals surface area contributed by atoms with Gasteiger partial charge in [-0.15, -0.1) is 0 Å². The summed E-state index contributed by atoms with van der Waals surface area (Å²) in [7, 11) is 1.56. The summed E-state index contributed by atoms with van der Waals surface area (Å²) in [5, 5.41) is 2.89. The summed E-state index contributed by atoms with van der Waals surface area (Å²) in [6.07, 6.45) is 0.979. The number of rotatable bonds is 7. The third-order valence-corrected chi connectivity index (χ3v) is 5.89. The lowest BCUT2D eigenvalue weighted by Gasteiger charge is -2.34. The number of ether oxygens (including phenoxy) is 2. The number of carbonyl (C=O) groups is 2. The highest BCUT2D eigenvalue weighted by molar-refractivity contribution is 5.98. The molecule has 7 heteroatoms. The molecule has 3 aromatic rings. The summed E-state index contributed by atoms with van der Waals surface area (Å²) < 4.78 is 24.9. The molecule has 1 aliphatic heterocycles. The molecule has 1 N–H and O–H groups in total. The molecule has 1 atom stereocenters. The van der Waals surface area contributed by atoms with Gasteiger partial charge in [0.15, 0.2) is 11.6 Å². The highest BCUT2D eigenvalue weighted by Gasteiger charge is 2.31. The first-order valence-electron chi connectivity index (χ1n) is 11.2. The Hall–Kier alpha value is -3.87. The monoisotopic (exact) mass is 462 g/mol. The number of methoxy groups -OCH3 is 1. The van der Waals surface area contributed by atoms with Crippen molar-refractivity contribution in [2.45, 2.75) is 25.0 Å². The third kappa shape index (κ3) is 5.54. The number of likely N-dealkylation sites (tertiary alicyclic amines) is 1. The molecule has 6 nitrogen and oxygen atoms in total. The SMILES string of the molecule is COc1ccc(C(=O)N[C@@H](C(=O)N2CCC(Oc3ccccc3F)CC2)c2ccccc2)cc1. The number of carbonyl (C=O) groups excluding carboxylic acids is 2. The first-order valence-corrected chi connectivity index (χ1v) is 11.2. The Morgan fingerprint density at radius 3 is 2.24 bits per heavy atom. The van der Waals surface area contributed by atoms with Crippen molar-refractivity contribution in [1.82, 2.24) is 10.2 Å². The standard InChI is InChI=1S/C27H27FN2O4/c1-33-21-13-11-20(12-14-21)26(31)29-25(19-7-3-2-4-8-19)27(32)30-17-15-22(16-18-30)34-24-10-6-5-9-23(24)28/h2-14,22,25H,15-18H2,1H3,(H,29,31)/t25-/m1/s1. The summed E-state index contributed by atoms with van der Waals surface area (Å²) in [6.45, 7) is 0.916. The maximum Gasteiger partial charge on any atom is 0.252 e. The minimum atomic E-state index is -0.820. The predicted molar refractivity (Wildman–Crippen MR) is 126 cm³/mol. The van der Waals surface area contributed by atoms with Crippen LogP contribution in [0.2, 0.25) is 0 Å². The predicted octanol–water partition coefficient (Wildman–Crippen LogP) is 4.38. The zero-order valence-corrected chi connectivity index (χ0v) is 18.9. The van der Waals surface area contributed by atoms with Gasteiger partial charge in [0.2, 0.25) is 5.91 Å². The van der Waals surface area contributed by atoms with E-state index in [0.717, 1.165) is 0 Å². The normalized spacial score (nSPS) is 14.8. The zero-order valence-electron chi connectivity index (χ0n) is 18.9. The fraction of sp³-hybridized carbons (Fsp3) is 0.259. The van der Waals surface area contributed by atoms with Crippen LogP contribution in [-0.4, -0.2) is 43.0 Å². The first kappa shape index (κ1) is 23.3. The molecule has 4 rings (SSSR count). The summed E-state index contributed by atoms with van der Waals surface area (Å²) in [4.78, 5) is 28.1. The fourth-order valence-corrected chi connectivity index (χ4v) is 3.99. The number of piperidine rings is 1. The number of nitrogens with zero attached hydrogens (tertiary/aromatic N) is 1. The molecule has 0 aliphatic carbocycles. The number of halogens is 1. The Morgan fingerprint density at radius 1 is 0.941 bits per heavy atom. The number of amides is 2. The molecule has 0 saturated carbocycles. The van der Waals surface area contributed by atoms with Crippen LogP contribution < -0.4 is 14.8 Å². The van der Waals surface area contributed by atoms with Crippen LogP contribution in [0.15, 0.2) is 78.9 Å². The van der Waals surface area contributed by atoms with Gasteiger partial charge in [-0.1, -0.05) is 42.5 Å². The summed E-state index contributed by atoms with van der Waals surface area (Å²) in [6, 6.07) is 21.4. The molecule has 1 aliphatic rings. The van der Waals surface area contributed by atoms with Crippen molar-refractivity contribution >= 4 is 11.8 Å². The van der Waals surface area contributed by atoms with Crippen molar-refractivity contribution in [2.75, 3.05) is 20.2 Å². The number of nitrogens with one attached hydrogen (secondary N) is 1. The van der Waals surface area contributed by atoms with Crippen molar-refractivity contribution < 1.29 is 23.5 Å². The molecule has 0 unspecified atom stereocenters. The van der Waals surface area contributed by atoms with E-state index >= 15 is 0 Å². The molecule has 0 radical (unpaired) electrons. The lowest BCUT2D eigenvalue weighted by atomic mass is 10.0. The molecule has 1 saturated heterocycles. The average Bonchev–Trinajstić information content (AvgIpc) is 2.89. The molecule has 3 aromatic carbocycles. The maximum atomic E-state index is 13.9. The fourth-order valence-electron chi connectivity index (χ4n) is 3.99. The van der Waals surface area contributed by atoms with Gasteiger partial charge < -0.3 is 19.7 Å². The molecule has 1 fully saturated rings. The molecule has 0 aromatic heterocycles. The molecule has 2 amide bonds. The van der Waals surface area contributed by atoms with E-state index in [1.165, 1.54) is 6.07 Å². The Balaban J connectivity index is 1.44. The topological polar surface area (TPSA) is 67.9 Å². The van der Waals surface area contributed by atoms with Crippen molar-refractivity contribution in [3.63, 3.8) is 0 Å². The van der Waals surface area contributed by atoms with E-state index in [1.807, 2.05) is 30.3 Å². The van der Waals surface area contributed by atoms with Gasteiger partial charge in [-0.25, -0.2) is 4.39 Å². The molecule has 34 heavy (non-hydrogen) atoms. The Bertz CT molecular complexity index is 1110. The number of benzene rings is 3. The Morgan fingerprint density at radius 2 is 1.59 bits per heavy atom. The Kier molecular flexibility index (Phi) is 7.42. The van der Waals surface area contributed by atoms with Crippen molar-refractivity contribution in [2.24, 2.45) is 0 Å². The molecule has 176 valence electrons. The minimum absolute atomic E-state index is 0.176. The van der Waals surface area contributed by atoms with Crippen LogP contribution in [0.25, 0.3) is 0 Å². The van der Waals surface area contributed by atoms with Gasteiger partial charge in [0.05, 0.1) is 7.11 Å². The van der Waals surface area contributed by atoms with Gasteiger partial charge >= 0.3 is 0 Å². The third-order valence-electron chi connectivity index (χ3n) is 5.89. The van der Waals surface area contributed by atoms with Gasteiger partial charge in [0, 0.05) is 31.5 Å². The number of hydrogen-bond acceptors (Lipinski definition) is 4. The Labute approximate surface area is 198 Å². The maximum absolute atomic E-state index is 13.9. The van der Waals surface area contributed by atoms with E-state index in [9.17, 15) is 14.0 Å². The van der Waals surface area contributed by atoms with Crippen molar-refractivity contribution in [1.29, 1.82) is 0 Å². The summed E-state index contributed by atoms with van der Waals surface area (Å²) in [5.41, 5.74) is 1.14. The number of hydrogen-bond donors (Lipinski definition) is 1. The van der Waals surface area contributed by atoms with Crippen LogP contribution in [0.4, 0.5) is 4.39 Å². The van der Waals surface area contributed by atoms with E-state index in [-0.39, 0.29) is 23.7 Å². The molecule has 1 heterocycles. The van der Waals surface area contributed by atoms with Crippen LogP contribution in [0.3, 0.4) is 0 Å². The van der Waals surface area contributed by atoms with E-state index in [1.54, 1.807) is 54.5 Å².